The number of nitrogens with one attached hydrogen (secondary N) is 1. The fraction of sp³-hybridized carbons (Fsp3) is 0.400. The zero-order valence-corrected chi connectivity index (χ0v) is 15.8. The van der Waals surface area contributed by atoms with E-state index in [9.17, 15) is 18.4 Å². The Labute approximate surface area is 166 Å². The molecule has 9 heteroatoms. The van der Waals surface area contributed by atoms with Crippen LogP contribution in [-0.4, -0.2) is 47.5 Å². The fourth-order valence-electron chi connectivity index (χ4n) is 3.71. The number of carbonyl (C=O) groups is 2. The molecule has 7 nitrogen and oxygen atoms in total. The van der Waals surface area contributed by atoms with E-state index in [1.165, 1.54) is 17.2 Å². The van der Waals surface area contributed by atoms with Gasteiger partial charge in [-0.1, -0.05) is 0 Å². The predicted octanol–water partition coefficient (Wildman–Crippen LogP) is 2.28. The maximum absolute atomic E-state index is 13.6. The number of hydrogen-bond donors (Lipinski definition) is 1. The van der Waals surface area contributed by atoms with Crippen LogP contribution < -0.4 is 15.1 Å². The topological polar surface area (TPSA) is 78.4 Å². The molecule has 2 aromatic rings. The van der Waals surface area contributed by atoms with Crippen molar-refractivity contribution in [1.82, 2.24) is 15.3 Å². The lowest BCUT2D eigenvalue weighted by molar-refractivity contribution is -0.121. The molecule has 2 aliphatic rings. The van der Waals surface area contributed by atoms with E-state index < -0.39 is 23.6 Å². The molecule has 0 aliphatic carbocycles. The van der Waals surface area contributed by atoms with Gasteiger partial charge < -0.3 is 15.1 Å². The summed E-state index contributed by atoms with van der Waals surface area (Å²) in [5, 5.41) is 2.71. The molecule has 1 N–H and O–H groups in total. The van der Waals surface area contributed by atoms with E-state index in [1.54, 1.807) is 6.20 Å². The monoisotopic (exact) mass is 401 g/mol. The zero-order chi connectivity index (χ0) is 20.4. The first kappa shape index (κ1) is 19.2. The average Bonchev–Trinajstić information content (AvgIpc) is 3.27. The van der Waals surface area contributed by atoms with Gasteiger partial charge in [0.2, 0.25) is 5.91 Å². The first-order valence-corrected chi connectivity index (χ1v) is 9.67. The van der Waals surface area contributed by atoms with E-state index in [-0.39, 0.29) is 17.3 Å². The minimum absolute atomic E-state index is 0.146. The van der Waals surface area contributed by atoms with Crippen LogP contribution in [-0.2, 0) is 4.79 Å². The zero-order valence-electron chi connectivity index (χ0n) is 15.8. The van der Waals surface area contributed by atoms with Crippen molar-refractivity contribution in [3.05, 3.63) is 47.9 Å². The number of halogens is 2. The van der Waals surface area contributed by atoms with Crippen molar-refractivity contribution in [3.8, 4) is 0 Å². The number of nitrogens with zero attached hydrogens (tertiary/aromatic N) is 4. The molecule has 2 aliphatic heterocycles. The summed E-state index contributed by atoms with van der Waals surface area (Å²) in [4.78, 5) is 37.4. The van der Waals surface area contributed by atoms with Crippen LogP contribution in [0.1, 0.15) is 36.2 Å². The summed E-state index contributed by atoms with van der Waals surface area (Å²) in [6, 6.07) is 2.56. The van der Waals surface area contributed by atoms with Crippen LogP contribution in [0, 0.1) is 11.6 Å². The highest BCUT2D eigenvalue weighted by Crippen LogP contribution is 2.23. The number of piperidine rings is 1. The highest BCUT2D eigenvalue weighted by Gasteiger charge is 2.32. The Balaban J connectivity index is 1.47. The van der Waals surface area contributed by atoms with Crippen molar-refractivity contribution in [2.45, 2.75) is 31.7 Å². The molecule has 2 fully saturated rings. The normalized spacial score (nSPS) is 19.5. The van der Waals surface area contributed by atoms with E-state index in [0.717, 1.165) is 38.1 Å². The number of hydrogen-bond acceptors (Lipinski definition) is 5. The van der Waals surface area contributed by atoms with Gasteiger partial charge in [-0.25, -0.2) is 13.8 Å². The summed E-state index contributed by atoms with van der Waals surface area (Å²) in [5.74, 6) is -2.19. The second-order valence-corrected chi connectivity index (χ2v) is 7.21. The minimum atomic E-state index is -1.02. The molecular weight excluding hydrogens is 380 g/mol. The molecule has 0 spiro atoms. The van der Waals surface area contributed by atoms with Crippen LogP contribution in [0.5, 0.6) is 0 Å². The van der Waals surface area contributed by atoms with E-state index in [1.807, 2.05) is 0 Å². The lowest BCUT2D eigenvalue weighted by Crippen LogP contribution is -2.52. The maximum Gasteiger partial charge on any atom is 0.272 e. The molecule has 29 heavy (non-hydrogen) atoms. The largest absolute Gasteiger partial charge is 0.355 e. The third-order valence-electron chi connectivity index (χ3n) is 5.24. The number of anilines is 2. The van der Waals surface area contributed by atoms with Gasteiger partial charge in [0, 0.05) is 31.4 Å². The van der Waals surface area contributed by atoms with Gasteiger partial charge in [0.05, 0.1) is 12.4 Å². The van der Waals surface area contributed by atoms with Crippen molar-refractivity contribution >= 4 is 23.3 Å². The molecule has 1 atom stereocenters. The number of rotatable bonds is 4. The Morgan fingerprint density at radius 2 is 1.86 bits per heavy atom. The maximum atomic E-state index is 13.6. The SMILES string of the molecule is O=C(NC1CCCN(c2ccc(F)c(F)c2)C1=O)c1cncc(N2CCCC2)n1. The van der Waals surface area contributed by atoms with Crippen molar-refractivity contribution in [1.29, 1.82) is 0 Å². The third kappa shape index (κ3) is 4.03. The molecule has 4 rings (SSSR count). The molecule has 2 amide bonds. The number of benzene rings is 1. The van der Waals surface area contributed by atoms with Crippen LogP contribution in [0.4, 0.5) is 20.3 Å². The van der Waals surface area contributed by atoms with Gasteiger partial charge >= 0.3 is 0 Å². The Morgan fingerprint density at radius 3 is 2.62 bits per heavy atom. The van der Waals surface area contributed by atoms with Gasteiger partial charge in [0.15, 0.2) is 11.6 Å². The number of amides is 2. The Bertz CT molecular complexity index is 933. The summed E-state index contributed by atoms with van der Waals surface area (Å²) in [6.45, 7) is 2.13. The van der Waals surface area contributed by atoms with Gasteiger partial charge in [0.1, 0.15) is 17.6 Å². The standard InChI is InChI=1S/C20H21F2N5O2/c21-14-6-5-13(10-15(14)22)27-9-3-4-16(20(27)29)25-19(28)17-11-23-12-18(24-17)26-7-1-2-8-26/h5-6,10-12,16H,1-4,7-9H2,(H,25,28). The predicted molar refractivity (Wildman–Crippen MR) is 103 cm³/mol. The quantitative estimate of drug-likeness (QED) is 0.851. The molecule has 3 heterocycles. The van der Waals surface area contributed by atoms with E-state index in [4.69, 9.17) is 0 Å². The molecule has 1 aromatic heterocycles. The van der Waals surface area contributed by atoms with Gasteiger partial charge in [-0.3, -0.25) is 14.6 Å². The minimum Gasteiger partial charge on any atom is -0.355 e. The molecule has 1 aromatic carbocycles. The van der Waals surface area contributed by atoms with Crippen LogP contribution >= 0.6 is 0 Å². The van der Waals surface area contributed by atoms with Crippen LogP contribution in [0.15, 0.2) is 30.6 Å². The Kier molecular flexibility index (Phi) is 5.37. The first-order valence-electron chi connectivity index (χ1n) is 9.67. The van der Waals surface area contributed by atoms with Crippen molar-refractivity contribution in [2.24, 2.45) is 0 Å². The molecule has 0 radical (unpaired) electrons. The second-order valence-electron chi connectivity index (χ2n) is 7.21. The van der Waals surface area contributed by atoms with E-state index in [0.29, 0.717) is 25.2 Å². The summed E-state index contributed by atoms with van der Waals surface area (Å²) >= 11 is 0. The lowest BCUT2D eigenvalue weighted by Gasteiger charge is -2.32. The molecule has 0 saturated carbocycles. The first-order chi connectivity index (χ1) is 14.0. The molecule has 1 unspecified atom stereocenters. The van der Waals surface area contributed by atoms with Crippen LogP contribution in [0.25, 0.3) is 0 Å². The highest BCUT2D eigenvalue weighted by atomic mass is 19.2. The molecule has 152 valence electrons. The van der Waals surface area contributed by atoms with Crippen molar-refractivity contribution in [3.63, 3.8) is 0 Å². The Morgan fingerprint density at radius 1 is 1.07 bits per heavy atom. The molecule has 0 bridgehead atoms. The lowest BCUT2D eigenvalue weighted by atomic mass is 10.0. The van der Waals surface area contributed by atoms with Gasteiger partial charge in [0.25, 0.3) is 5.91 Å². The van der Waals surface area contributed by atoms with Crippen LogP contribution in [0.2, 0.25) is 0 Å². The van der Waals surface area contributed by atoms with Crippen molar-refractivity contribution in [2.75, 3.05) is 29.4 Å². The van der Waals surface area contributed by atoms with Gasteiger partial charge in [-0.05, 0) is 37.8 Å². The van der Waals surface area contributed by atoms with E-state index >= 15 is 0 Å². The van der Waals surface area contributed by atoms with Gasteiger partial charge in [-0.15, -0.1) is 0 Å². The summed E-state index contributed by atoms with van der Waals surface area (Å²) < 4.78 is 26.7. The number of carbonyl (C=O) groups excluding carboxylic acids is 2. The summed E-state index contributed by atoms with van der Waals surface area (Å²) in [5.41, 5.74) is 0.413. The Hall–Kier alpha value is -3.10. The van der Waals surface area contributed by atoms with Crippen LogP contribution in [0.3, 0.4) is 0 Å². The summed E-state index contributed by atoms with van der Waals surface area (Å²) in [7, 11) is 0. The fourth-order valence-corrected chi connectivity index (χ4v) is 3.71. The van der Waals surface area contributed by atoms with Crippen molar-refractivity contribution < 1.29 is 18.4 Å². The highest BCUT2D eigenvalue weighted by molar-refractivity contribution is 6.02. The molecular formula is C20H21F2N5O2. The number of aromatic nitrogens is 2. The third-order valence-corrected chi connectivity index (χ3v) is 5.24. The second kappa shape index (κ2) is 8.10. The summed E-state index contributed by atoms with van der Waals surface area (Å²) in [6.07, 6.45) is 6.23. The molecule has 2 saturated heterocycles. The smallest absolute Gasteiger partial charge is 0.272 e. The average molecular weight is 401 g/mol. The van der Waals surface area contributed by atoms with E-state index in [2.05, 4.69) is 20.2 Å². The van der Waals surface area contributed by atoms with Gasteiger partial charge in [-0.2, -0.15) is 0 Å².